The van der Waals surface area contributed by atoms with Crippen LogP contribution in [0.5, 0.6) is 0 Å². The van der Waals surface area contributed by atoms with Crippen LogP contribution >= 0.6 is 0 Å². The Morgan fingerprint density at radius 2 is 1.33 bits per heavy atom. The van der Waals surface area contributed by atoms with Gasteiger partial charge in [0, 0.05) is 0 Å². The summed E-state index contributed by atoms with van der Waals surface area (Å²) < 4.78 is 1.47. The predicted octanol–water partition coefficient (Wildman–Crippen LogP) is 1.92. The fourth-order valence-electron chi connectivity index (χ4n) is 0.637. The van der Waals surface area contributed by atoms with Gasteiger partial charge in [0.05, 0.1) is 0 Å². The third-order valence-electron chi connectivity index (χ3n) is 1.22. The van der Waals surface area contributed by atoms with Crippen molar-refractivity contribution >= 4 is 20.7 Å². The van der Waals surface area contributed by atoms with E-state index in [1.807, 2.05) is 0 Å². The van der Waals surface area contributed by atoms with Crippen LogP contribution in [0.25, 0.3) is 0 Å². The van der Waals surface area contributed by atoms with Gasteiger partial charge in [-0.15, -0.1) is 4.43 Å². The van der Waals surface area contributed by atoms with Crippen LogP contribution in [-0.2, 0) is 0 Å². The largest absolute Gasteiger partial charge is 0.258 e. The highest BCUT2D eigenvalue weighted by Crippen LogP contribution is 1.90. The van der Waals surface area contributed by atoms with Crippen LogP contribution < -0.4 is 4.43 Å². The number of hydrogen-bond acceptors (Lipinski definition) is 0. The summed E-state index contributed by atoms with van der Waals surface area (Å²) >= 11 is 1.17. The third-order valence-corrected chi connectivity index (χ3v) is 1.88. The number of hydrogen-bond donors (Lipinski definition) is 0. The molecule has 1 rings (SSSR count). The van der Waals surface area contributed by atoms with Crippen LogP contribution in [0.15, 0.2) is 24.3 Å². The maximum Gasteiger partial charge on any atom is 0.258 e. The average molecular weight is 178 g/mol. The van der Waals surface area contributed by atoms with Crippen molar-refractivity contribution < 1.29 is 0 Å². The Kier molecular flexibility index (Phi) is 6.16. The highest BCUT2D eigenvalue weighted by molar-refractivity contribution is 6.32. The molecule has 1 aromatic carbocycles. The molecular weight excluding hydrogens is 159 g/mol. The molecule has 66 valence electrons. The van der Waals surface area contributed by atoms with E-state index in [9.17, 15) is 0 Å². The molecule has 0 N–H and O–H groups in total. The molecule has 12 heavy (non-hydrogen) atoms. The van der Waals surface area contributed by atoms with Gasteiger partial charge in [0.2, 0.25) is 0 Å². The minimum absolute atomic E-state index is 0.833. The lowest BCUT2D eigenvalue weighted by Gasteiger charge is -1.90. The van der Waals surface area contributed by atoms with Crippen LogP contribution in [-0.4, -0.2) is 16.3 Å². The summed E-state index contributed by atoms with van der Waals surface area (Å²) in [7, 11) is 0. The monoisotopic (exact) mass is 178 g/mol. The van der Waals surface area contributed by atoms with Crippen molar-refractivity contribution in [3.63, 3.8) is 0 Å². The maximum atomic E-state index is 2.18. The Labute approximate surface area is 84.4 Å². The zero-order valence-corrected chi connectivity index (χ0v) is 10.9. The molecule has 0 atom stereocenters. The molecule has 1 heteroatoms. The second kappa shape index (κ2) is 6.29. The Hall–Kier alpha value is -0.248. The lowest BCUT2D eigenvalue weighted by molar-refractivity contribution is 0.737. The molecule has 0 amide bonds. The van der Waals surface area contributed by atoms with E-state index in [1.165, 1.54) is 26.3 Å². The van der Waals surface area contributed by atoms with Crippen LogP contribution in [0.3, 0.4) is 0 Å². The number of rotatable bonds is 0. The van der Waals surface area contributed by atoms with E-state index in [0.717, 1.165) is 5.92 Å². The molecular formula is C11H19Al. The molecule has 0 radical (unpaired) electrons. The Bertz CT molecular complexity index is 175. The Morgan fingerprint density at radius 1 is 1.00 bits per heavy atom. The molecule has 0 saturated heterocycles. The minimum atomic E-state index is 0.833. The van der Waals surface area contributed by atoms with Crippen LogP contribution in [0, 0.1) is 12.8 Å². The number of aryl methyl sites for hydroxylation is 1. The van der Waals surface area contributed by atoms with Gasteiger partial charge in [0.25, 0.3) is 16.3 Å². The summed E-state index contributed by atoms with van der Waals surface area (Å²) in [5.74, 6) is 0.833. The molecule has 0 aliphatic rings. The molecule has 0 bridgehead atoms. The zero-order valence-electron chi connectivity index (χ0n) is 8.89. The summed E-state index contributed by atoms with van der Waals surface area (Å²) in [4.78, 5) is 0. The molecule has 0 unspecified atom stereocenters. The van der Waals surface area contributed by atoms with Crippen molar-refractivity contribution in [2.45, 2.75) is 27.7 Å². The summed E-state index contributed by atoms with van der Waals surface area (Å²) in [6.07, 6.45) is 0. The number of benzene rings is 1. The first kappa shape index (κ1) is 11.8. The van der Waals surface area contributed by atoms with Crippen LogP contribution in [0.2, 0.25) is 0 Å². The first-order chi connectivity index (χ1) is 5.52. The normalized spacial score (nSPS) is 9.08. The lowest BCUT2D eigenvalue weighted by atomic mass is 10.2. The molecule has 0 spiro atoms. The molecule has 0 aliphatic carbocycles. The first-order valence-corrected chi connectivity index (χ1v) is 5.55. The Morgan fingerprint density at radius 3 is 1.58 bits per heavy atom. The van der Waals surface area contributed by atoms with Crippen molar-refractivity contribution in [3.8, 4) is 0 Å². The standard InChI is InChI=1S/C7H7.C4H10.Al.2H/c1-7-5-3-2-4-6-7;1-4(2)3;;;/h3-6H,1H3;4H,1-3H3;;;. The van der Waals surface area contributed by atoms with E-state index < -0.39 is 0 Å². The second-order valence-corrected chi connectivity index (χ2v) is 5.04. The van der Waals surface area contributed by atoms with Gasteiger partial charge in [-0.1, -0.05) is 50.6 Å². The fraction of sp³-hybridized carbons (Fsp3) is 0.455. The van der Waals surface area contributed by atoms with Crippen LogP contribution in [0.4, 0.5) is 0 Å². The van der Waals surface area contributed by atoms with Gasteiger partial charge in [-0.25, -0.2) is 0 Å². The molecule has 0 aliphatic heterocycles. The van der Waals surface area contributed by atoms with E-state index in [-0.39, 0.29) is 0 Å². The second-order valence-electron chi connectivity index (χ2n) is 3.89. The molecule has 0 saturated carbocycles. The smallest absolute Gasteiger partial charge is 0.121 e. The van der Waals surface area contributed by atoms with Crippen molar-refractivity contribution in [1.82, 2.24) is 0 Å². The Balaban J connectivity index is 0.000000261. The zero-order chi connectivity index (χ0) is 9.56. The maximum absolute atomic E-state index is 2.18. The third kappa shape index (κ3) is 7.86. The molecule has 0 nitrogen and oxygen atoms in total. The van der Waals surface area contributed by atoms with E-state index in [1.54, 1.807) is 0 Å². The summed E-state index contributed by atoms with van der Waals surface area (Å²) in [5, 5.41) is 0. The van der Waals surface area contributed by atoms with Gasteiger partial charge >= 0.3 is 0 Å². The quantitative estimate of drug-likeness (QED) is 0.532. The summed E-state index contributed by atoms with van der Waals surface area (Å²) in [6.45, 7) is 8.61. The first-order valence-electron chi connectivity index (χ1n) is 4.55. The van der Waals surface area contributed by atoms with Crippen LogP contribution in [0.1, 0.15) is 26.3 Å². The van der Waals surface area contributed by atoms with Gasteiger partial charge < -0.3 is 0 Å². The van der Waals surface area contributed by atoms with Gasteiger partial charge in [0.15, 0.2) is 0 Å². The summed E-state index contributed by atoms with van der Waals surface area (Å²) in [6, 6.07) is 8.67. The van der Waals surface area contributed by atoms with Crippen molar-refractivity contribution in [3.05, 3.63) is 29.8 Å². The van der Waals surface area contributed by atoms with E-state index in [2.05, 4.69) is 52.0 Å². The average Bonchev–Trinajstić information content (AvgIpc) is 1.94. The molecule has 0 fully saturated rings. The van der Waals surface area contributed by atoms with E-state index in [4.69, 9.17) is 0 Å². The predicted molar refractivity (Wildman–Crippen MR) is 59.9 cm³/mol. The topological polar surface area (TPSA) is 0 Å². The summed E-state index contributed by atoms with van der Waals surface area (Å²) in [5.41, 5.74) is 1.35. The fourth-order valence-corrected chi connectivity index (χ4v) is 0.970. The highest BCUT2D eigenvalue weighted by Gasteiger charge is 1.80. The minimum Gasteiger partial charge on any atom is -0.121 e. The molecule has 0 aromatic heterocycles. The van der Waals surface area contributed by atoms with Crippen molar-refractivity contribution in [1.29, 1.82) is 0 Å². The lowest BCUT2D eigenvalue weighted by Crippen LogP contribution is -1.98. The molecule has 1 aromatic rings. The van der Waals surface area contributed by atoms with Gasteiger partial charge in [-0.05, 0) is 12.8 Å². The molecule has 0 heterocycles. The van der Waals surface area contributed by atoms with E-state index >= 15 is 0 Å². The van der Waals surface area contributed by atoms with Gasteiger partial charge in [-0.2, -0.15) is 0 Å². The highest BCUT2D eigenvalue weighted by atomic mass is 27.0. The van der Waals surface area contributed by atoms with E-state index in [0.29, 0.717) is 0 Å². The van der Waals surface area contributed by atoms with Gasteiger partial charge in [0.1, 0.15) is 0 Å². The van der Waals surface area contributed by atoms with Crippen molar-refractivity contribution in [2.75, 3.05) is 0 Å². The van der Waals surface area contributed by atoms with Crippen molar-refractivity contribution in [2.24, 2.45) is 5.92 Å². The van der Waals surface area contributed by atoms with Gasteiger partial charge in [-0.3, -0.25) is 0 Å². The SMILES string of the molecule is CC(C)C.Cc1cc[c]([AlH2])cc1.